The third kappa shape index (κ3) is 3.47. The summed E-state index contributed by atoms with van der Waals surface area (Å²) >= 11 is 3.36. The first-order valence-electron chi connectivity index (χ1n) is 6.35. The van der Waals surface area contributed by atoms with E-state index in [1.165, 1.54) is 0 Å². The van der Waals surface area contributed by atoms with E-state index in [0.717, 1.165) is 15.8 Å². The van der Waals surface area contributed by atoms with Crippen molar-refractivity contribution in [2.24, 2.45) is 0 Å². The summed E-state index contributed by atoms with van der Waals surface area (Å²) in [5.41, 5.74) is 0.935. The van der Waals surface area contributed by atoms with Crippen LogP contribution in [0, 0.1) is 6.92 Å². The standard InChI is InChI=1S/C14H17BrN2O4/c1-8-6-9(19-5)7-10-11(8)12(15)16-17(10)21-13(18)20-14(2,3)4/h6-7H,1-5H3. The fourth-order valence-corrected chi connectivity index (χ4v) is 2.53. The average Bonchev–Trinajstić information content (AvgIpc) is 2.63. The van der Waals surface area contributed by atoms with Gasteiger partial charge in [0, 0.05) is 11.5 Å². The van der Waals surface area contributed by atoms with Crippen molar-refractivity contribution in [3.8, 4) is 5.75 Å². The van der Waals surface area contributed by atoms with Crippen molar-refractivity contribution in [2.45, 2.75) is 33.3 Å². The lowest BCUT2D eigenvalue weighted by Gasteiger charge is -2.18. The molecule has 0 N–H and O–H groups in total. The summed E-state index contributed by atoms with van der Waals surface area (Å²) in [7, 11) is 1.57. The van der Waals surface area contributed by atoms with Gasteiger partial charge in [0.25, 0.3) is 0 Å². The van der Waals surface area contributed by atoms with E-state index in [0.29, 0.717) is 15.9 Å². The van der Waals surface area contributed by atoms with Crippen molar-refractivity contribution in [1.82, 2.24) is 9.94 Å². The Morgan fingerprint density at radius 1 is 1.33 bits per heavy atom. The first kappa shape index (κ1) is 15.6. The van der Waals surface area contributed by atoms with Crippen LogP contribution in [0.4, 0.5) is 4.79 Å². The first-order valence-corrected chi connectivity index (χ1v) is 7.15. The number of aryl methyl sites for hydroxylation is 1. The molecule has 0 aliphatic heterocycles. The first-order chi connectivity index (χ1) is 9.71. The van der Waals surface area contributed by atoms with Gasteiger partial charge in [-0.05, 0) is 55.3 Å². The van der Waals surface area contributed by atoms with E-state index in [4.69, 9.17) is 14.3 Å². The molecule has 2 aromatic rings. The number of hydrogen-bond acceptors (Lipinski definition) is 5. The van der Waals surface area contributed by atoms with Crippen LogP contribution in [0.1, 0.15) is 26.3 Å². The number of fused-ring (bicyclic) bond motifs is 1. The number of carbonyl (C=O) groups excluding carboxylic acids is 1. The van der Waals surface area contributed by atoms with Gasteiger partial charge in [-0.3, -0.25) is 4.84 Å². The minimum atomic E-state index is -0.820. The third-order valence-corrected chi connectivity index (χ3v) is 3.22. The lowest BCUT2D eigenvalue weighted by atomic mass is 10.1. The van der Waals surface area contributed by atoms with Gasteiger partial charge in [-0.1, -0.05) is 4.85 Å². The molecule has 21 heavy (non-hydrogen) atoms. The zero-order chi connectivity index (χ0) is 15.8. The Morgan fingerprint density at radius 2 is 2.00 bits per heavy atom. The summed E-state index contributed by atoms with van der Waals surface area (Å²) < 4.78 is 10.9. The molecule has 0 radical (unpaired) electrons. The lowest BCUT2D eigenvalue weighted by Crippen LogP contribution is -2.30. The molecule has 7 heteroatoms. The number of halogens is 1. The molecule has 114 valence electrons. The minimum absolute atomic E-state index is 0.584. The predicted molar refractivity (Wildman–Crippen MR) is 81.5 cm³/mol. The molecule has 0 bridgehead atoms. The molecule has 1 aromatic heterocycles. The molecule has 0 saturated carbocycles. The molecule has 0 spiro atoms. The van der Waals surface area contributed by atoms with Crippen LogP contribution in [0.2, 0.25) is 0 Å². The molecule has 0 amide bonds. The summed E-state index contributed by atoms with van der Waals surface area (Å²) in [4.78, 5) is 18.0. The van der Waals surface area contributed by atoms with Gasteiger partial charge >= 0.3 is 6.16 Å². The normalized spacial score (nSPS) is 11.5. The van der Waals surface area contributed by atoms with Crippen LogP contribution in [0.5, 0.6) is 5.75 Å². The molecule has 0 aliphatic rings. The van der Waals surface area contributed by atoms with E-state index in [-0.39, 0.29) is 0 Å². The number of nitrogens with zero attached hydrogens (tertiary/aromatic N) is 2. The fraction of sp³-hybridized carbons (Fsp3) is 0.429. The van der Waals surface area contributed by atoms with E-state index in [9.17, 15) is 4.79 Å². The molecule has 0 saturated heterocycles. The fourth-order valence-electron chi connectivity index (χ4n) is 1.87. The predicted octanol–water partition coefficient (Wildman–Crippen LogP) is 3.48. The molecule has 1 heterocycles. The summed E-state index contributed by atoms with van der Waals surface area (Å²) in [5, 5.41) is 5.00. The van der Waals surface area contributed by atoms with Gasteiger partial charge in [-0.15, -0.1) is 5.10 Å². The Balaban J connectivity index is 2.41. The highest BCUT2D eigenvalue weighted by Gasteiger charge is 2.21. The Morgan fingerprint density at radius 3 is 2.57 bits per heavy atom. The van der Waals surface area contributed by atoms with Crippen LogP contribution in [-0.4, -0.2) is 28.8 Å². The van der Waals surface area contributed by atoms with Crippen molar-refractivity contribution >= 4 is 33.0 Å². The topological polar surface area (TPSA) is 62.6 Å². The SMILES string of the molecule is COc1cc(C)c2c(Br)nn(OC(=O)OC(C)(C)C)c2c1. The smallest absolute Gasteiger partial charge is 0.497 e. The van der Waals surface area contributed by atoms with Gasteiger partial charge in [-0.25, -0.2) is 4.79 Å². The second-order valence-corrected chi connectivity index (χ2v) is 6.31. The van der Waals surface area contributed by atoms with E-state index in [2.05, 4.69) is 21.0 Å². The highest BCUT2D eigenvalue weighted by Crippen LogP contribution is 2.30. The molecule has 0 atom stereocenters. The van der Waals surface area contributed by atoms with E-state index < -0.39 is 11.8 Å². The van der Waals surface area contributed by atoms with Gasteiger partial charge in [0.05, 0.1) is 7.11 Å². The van der Waals surface area contributed by atoms with Crippen LogP contribution in [-0.2, 0) is 4.74 Å². The van der Waals surface area contributed by atoms with Gasteiger partial charge in [0.1, 0.15) is 21.5 Å². The van der Waals surface area contributed by atoms with Crippen molar-refractivity contribution in [1.29, 1.82) is 0 Å². The highest BCUT2D eigenvalue weighted by molar-refractivity contribution is 9.10. The Kier molecular flexibility index (Phi) is 4.13. The summed E-state index contributed by atoms with van der Waals surface area (Å²) in [5.74, 6) is 0.654. The Bertz CT molecular complexity index is 688. The van der Waals surface area contributed by atoms with Crippen molar-refractivity contribution in [3.63, 3.8) is 0 Å². The maximum absolute atomic E-state index is 11.8. The minimum Gasteiger partial charge on any atom is -0.497 e. The van der Waals surface area contributed by atoms with Crippen molar-refractivity contribution in [2.75, 3.05) is 7.11 Å². The van der Waals surface area contributed by atoms with Gasteiger partial charge in [-0.2, -0.15) is 0 Å². The molecule has 2 rings (SSSR count). The number of rotatable bonds is 2. The third-order valence-electron chi connectivity index (χ3n) is 2.67. The summed E-state index contributed by atoms with van der Waals surface area (Å²) in [6.45, 7) is 7.21. The van der Waals surface area contributed by atoms with Crippen LogP contribution < -0.4 is 9.57 Å². The van der Waals surface area contributed by atoms with E-state index in [1.807, 2.05) is 13.0 Å². The Hall–Kier alpha value is -1.76. The largest absolute Gasteiger partial charge is 0.535 e. The zero-order valence-corrected chi connectivity index (χ0v) is 14.1. The van der Waals surface area contributed by atoms with Gasteiger partial charge in [0.2, 0.25) is 0 Å². The lowest BCUT2D eigenvalue weighted by molar-refractivity contribution is -0.0149. The van der Waals surface area contributed by atoms with E-state index in [1.54, 1.807) is 33.9 Å². The number of benzene rings is 1. The van der Waals surface area contributed by atoms with Crippen LogP contribution in [0.3, 0.4) is 0 Å². The number of methoxy groups -OCH3 is 1. The van der Waals surface area contributed by atoms with Crippen LogP contribution >= 0.6 is 15.9 Å². The zero-order valence-electron chi connectivity index (χ0n) is 12.6. The molecule has 0 aliphatic carbocycles. The second-order valence-electron chi connectivity index (χ2n) is 5.56. The Labute approximate surface area is 131 Å². The number of carbonyl (C=O) groups is 1. The molecule has 6 nitrogen and oxygen atoms in total. The monoisotopic (exact) mass is 356 g/mol. The number of hydrogen-bond donors (Lipinski definition) is 0. The van der Waals surface area contributed by atoms with Crippen molar-refractivity contribution in [3.05, 3.63) is 22.3 Å². The highest BCUT2D eigenvalue weighted by atomic mass is 79.9. The molecular weight excluding hydrogens is 340 g/mol. The number of ether oxygens (including phenoxy) is 2. The van der Waals surface area contributed by atoms with Crippen molar-refractivity contribution < 1.29 is 19.1 Å². The summed E-state index contributed by atoms with van der Waals surface area (Å²) in [6.07, 6.45) is -0.820. The molecule has 0 fully saturated rings. The average molecular weight is 357 g/mol. The molecule has 0 unspecified atom stereocenters. The summed E-state index contributed by atoms with van der Waals surface area (Å²) in [6, 6.07) is 3.62. The van der Waals surface area contributed by atoms with Crippen LogP contribution in [0.15, 0.2) is 16.7 Å². The van der Waals surface area contributed by atoms with Crippen LogP contribution in [0.25, 0.3) is 10.9 Å². The number of aromatic nitrogens is 2. The molecule has 1 aromatic carbocycles. The van der Waals surface area contributed by atoms with Gasteiger partial charge in [0.15, 0.2) is 0 Å². The molecular formula is C14H17BrN2O4. The maximum atomic E-state index is 11.8. The van der Waals surface area contributed by atoms with Gasteiger partial charge < -0.3 is 9.47 Å². The second kappa shape index (κ2) is 5.55. The maximum Gasteiger partial charge on any atom is 0.535 e. The quantitative estimate of drug-likeness (QED) is 0.770. The van der Waals surface area contributed by atoms with E-state index >= 15 is 0 Å².